The zero-order valence-electron chi connectivity index (χ0n) is 12.5. The average Bonchev–Trinajstić information content (AvgIpc) is 2.37. The standard InChI is InChI=1S/C13H24N2O5S/c1-13(12(17)18)7-4-3-5-10(13)15-11(16)9(14)6-8-21(2,19)20/h9-10H,3-8,14H2,1-2H3,(H,15,16)(H,17,18). The van der Waals surface area contributed by atoms with E-state index in [1.54, 1.807) is 6.92 Å². The van der Waals surface area contributed by atoms with Gasteiger partial charge in [0.15, 0.2) is 0 Å². The van der Waals surface area contributed by atoms with Gasteiger partial charge in [0.2, 0.25) is 5.91 Å². The van der Waals surface area contributed by atoms with Crippen LogP contribution in [0.25, 0.3) is 0 Å². The fraction of sp³-hybridized carbons (Fsp3) is 0.846. The summed E-state index contributed by atoms with van der Waals surface area (Å²) in [4.78, 5) is 23.4. The Hall–Kier alpha value is -1.15. The summed E-state index contributed by atoms with van der Waals surface area (Å²) in [5.74, 6) is -1.59. The molecule has 21 heavy (non-hydrogen) atoms. The predicted octanol–water partition coefficient (Wildman–Crippen LogP) is -0.102. The van der Waals surface area contributed by atoms with Crippen LogP contribution < -0.4 is 11.1 Å². The Labute approximate surface area is 125 Å². The number of nitrogens with two attached hydrogens (primary N) is 1. The maximum atomic E-state index is 12.0. The Bertz CT molecular complexity index is 505. The predicted molar refractivity (Wildman–Crippen MR) is 78.4 cm³/mol. The lowest BCUT2D eigenvalue weighted by molar-refractivity contribution is -0.152. The quantitative estimate of drug-likeness (QED) is 0.627. The lowest BCUT2D eigenvalue weighted by Crippen LogP contribution is -2.55. The maximum Gasteiger partial charge on any atom is 0.311 e. The summed E-state index contributed by atoms with van der Waals surface area (Å²) in [5, 5.41) is 12.1. The number of aliphatic carboxylic acids is 1. The van der Waals surface area contributed by atoms with Crippen LogP contribution in [0.15, 0.2) is 0 Å². The van der Waals surface area contributed by atoms with Gasteiger partial charge in [0.05, 0.1) is 17.2 Å². The van der Waals surface area contributed by atoms with Crippen LogP contribution in [-0.2, 0) is 19.4 Å². The van der Waals surface area contributed by atoms with E-state index in [1.807, 2.05) is 0 Å². The van der Waals surface area contributed by atoms with Gasteiger partial charge in [-0.2, -0.15) is 0 Å². The minimum absolute atomic E-state index is 0.0289. The second-order valence-electron chi connectivity index (χ2n) is 6.05. The monoisotopic (exact) mass is 320 g/mol. The van der Waals surface area contributed by atoms with E-state index < -0.39 is 39.2 Å². The van der Waals surface area contributed by atoms with Crippen LogP contribution in [0.1, 0.15) is 39.0 Å². The van der Waals surface area contributed by atoms with Crippen molar-refractivity contribution in [3.63, 3.8) is 0 Å². The van der Waals surface area contributed by atoms with Crippen LogP contribution in [0.4, 0.5) is 0 Å². The number of carbonyl (C=O) groups excluding carboxylic acids is 1. The van der Waals surface area contributed by atoms with Crippen molar-refractivity contribution in [3.05, 3.63) is 0 Å². The van der Waals surface area contributed by atoms with Crippen LogP contribution in [0.5, 0.6) is 0 Å². The summed E-state index contributed by atoms with van der Waals surface area (Å²) < 4.78 is 22.2. The van der Waals surface area contributed by atoms with Crippen molar-refractivity contribution >= 4 is 21.7 Å². The van der Waals surface area contributed by atoms with Gasteiger partial charge in [-0.25, -0.2) is 8.42 Å². The van der Waals surface area contributed by atoms with Crippen molar-refractivity contribution in [1.82, 2.24) is 5.32 Å². The number of rotatable bonds is 6. The number of nitrogens with one attached hydrogen (secondary N) is 1. The second-order valence-corrected chi connectivity index (χ2v) is 8.31. The van der Waals surface area contributed by atoms with Crippen molar-refractivity contribution < 1.29 is 23.1 Å². The van der Waals surface area contributed by atoms with Gasteiger partial charge in [-0.15, -0.1) is 0 Å². The molecule has 0 aliphatic heterocycles. The maximum absolute atomic E-state index is 12.0. The molecule has 8 heteroatoms. The van der Waals surface area contributed by atoms with E-state index >= 15 is 0 Å². The minimum atomic E-state index is -3.18. The molecular formula is C13H24N2O5S. The summed E-state index contributed by atoms with van der Waals surface area (Å²) in [6.45, 7) is 1.63. The highest BCUT2D eigenvalue weighted by molar-refractivity contribution is 7.90. The molecule has 1 saturated carbocycles. The molecule has 0 aromatic heterocycles. The lowest BCUT2D eigenvalue weighted by Gasteiger charge is -2.38. The summed E-state index contributed by atoms with van der Waals surface area (Å²) in [6.07, 6.45) is 3.88. The van der Waals surface area contributed by atoms with E-state index in [0.717, 1.165) is 19.1 Å². The van der Waals surface area contributed by atoms with Crippen LogP contribution in [0.2, 0.25) is 0 Å². The van der Waals surface area contributed by atoms with E-state index in [1.165, 1.54) is 0 Å². The van der Waals surface area contributed by atoms with Crippen LogP contribution in [-0.4, -0.2) is 49.5 Å². The molecule has 0 heterocycles. The molecule has 4 N–H and O–H groups in total. The summed E-state index contributed by atoms with van der Waals surface area (Å²) in [7, 11) is -3.18. The van der Waals surface area contributed by atoms with E-state index in [2.05, 4.69) is 5.32 Å². The fourth-order valence-electron chi connectivity index (χ4n) is 2.57. The molecule has 7 nitrogen and oxygen atoms in total. The lowest BCUT2D eigenvalue weighted by atomic mass is 9.71. The molecule has 1 fully saturated rings. The fourth-order valence-corrected chi connectivity index (χ4v) is 3.25. The molecule has 0 saturated heterocycles. The molecule has 0 spiro atoms. The number of sulfone groups is 1. The van der Waals surface area contributed by atoms with E-state index in [0.29, 0.717) is 12.8 Å². The number of carboxylic acid groups (broad SMARTS) is 1. The summed E-state index contributed by atoms with van der Waals surface area (Å²) in [5.41, 5.74) is 4.69. The van der Waals surface area contributed by atoms with E-state index in [4.69, 9.17) is 5.73 Å². The third-order valence-electron chi connectivity index (χ3n) is 4.15. The largest absolute Gasteiger partial charge is 0.481 e. The molecule has 0 aromatic carbocycles. The number of carbonyl (C=O) groups is 2. The SMILES string of the molecule is CC1(C(=O)O)CCCCC1NC(=O)C(N)CCS(C)(=O)=O. The van der Waals surface area contributed by atoms with Gasteiger partial charge >= 0.3 is 5.97 Å². The third kappa shape index (κ3) is 4.96. The molecule has 0 bridgehead atoms. The number of carboxylic acids is 1. The molecule has 1 aliphatic carbocycles. The Kier molecular flexibility index (Phi) is 5.75. The first-order chi connectivity index (χ1) is 9.56. The Balaban J connectivity index is 2.65. The normalized spacial score (nSPS) is 27.9. The molecule has 0 radical (unpaired) electrons. The highest BCUT2D eigenvalue weighted by atomic mass is 32.2. The Morgan fingerprint density at radius 2 is 2.05 bits per heavy atom. The summed E-state index contributed by atoms with van der Waals surface area (Å²) >= 11 is 0. The van der Waals surface area contributed by atoms with Crippen molar-refractivity contribution in [2.24, 2.45) is 11.1 Å². The van der Waals surface area contributed by atoms with Crippen molar-refractivity contribution in [1.29, 1.82) is 0 Å². The molecule has 0 aromatic rings. The first-order valence-electron chi connectivity index (χ1n) is 7.03. The van der Waals surface area contributed by atoms with Crippen LogP contribution >= 0.6 is 0 Å². The first kappa shape index (κ1) is 17.9. The molecule has 1 amide bonds. The molecule has 3 unspecified atom stereocenters. The molecule has 122 valence electrons. The van der Waals surface area contributed by atoms with Crippen molar-refractivity contribution in [2.45, 2.75) is 51.1 Å². The van der Waals surface area contributed by atoms with E-state index in [9.17, 15) is 23.1 Å². The van der Waals surface area contributed by atoms with Gasteiger partial charge in [0, 0.05) is 12.3 Å². The minimum Gasteiger partial charge on any atom is -0.481 e. The average molecular weight is 320 g/mol. The van der Waals surface area contributed by atoms with Gasteiger partial charge in [0.25, 0.3) is 0 Å². The highest BCUT2D eigenvalue weighted by Gasteiger charge is 2.44. The van der Waals surface area contributed by atoms with Crippen LogP contribution in [0, 0.1) is 5.41 Å². The van der Waals surface area contributed by atoms with Gasteiger partial charge in [-0.05, 0) is 26.2 Å². The van der Waals surface area contributed by atoms with Crippen molar-refractivity contribution in [3.8, 4) is 0 Å². The van der Waals surface area contributed by atoms with Gasteiger partial charge in [-0.3, -0.25) is 9.59 Å². The Morgan fingerprint density at radius 3 is 2.57 bits per heavy atom. The van der Waals surface area contributed by atoms with Crippen molar-refractivity contribution in [2.75, 3.05) is 12.0 Å². The summed E-state index contributed by atoms with van der Waals surface area (Å²) in [6, 6.07) is -1.42. The first-order valence-corrected chi connectivity index (χ1v) is 9.09. The molecular weight excluding hydrogens is 296 g/mol. The smallest absolute Gasteiger partial charge is 0.311 e. The molecule has 1 aliphatic rings. The highest BCUT2D eigenvalue weighted by Crippen LogP contribution is 2.36. The van der Waals surface area contributed by atoms with E-state index in [-0.39, 0.29) is 12.2 Å². The molecule has 1 rings (SSSR count). The Morgan fingerprint density at radius 1 is 1.43 bits per heavy atom. The van der Waals surface area contributed by atoms with Gasteiger partial charge < -0.3 is 16.2 Å². The molecule has 3 atom stereocenters. The zero-order valence-corrected chi connectivity index (χ0v) is 13.3. The zero-order chi connectivity index (χ0) is 16.3. The van der Waals surface area contributed by atoms with Gasteiger partial charge in [-0.1, -0.05) is 12.8 Å². The number of hydrogen-bond donors (Lipinski definition) is 3. The number of hydrogen-bond acceptors (Lipinski definition) is 5. The number of amides is 1. The van der Waals surface area contributed by atoms with Crippen LogP contribution in [0.3, 0.4) is 0 Å². The third-order valence-corrected chi connectivity index (χ3v) is 5.13. The van der Waals surface area contributed by atoms with Gasteiger partial charge in [0.1, 0.15) is 9.84 Å². The second kappa shape index (κ2) is 6.74. The topological polar surface area (TPSA) is 127 Å².